The van der Waals surface area contributed by atoms with Gasteiger partial charge in [-0.15, -0.1) is 0 Å². The number of nitrogens with one attached hydrogen (secondary N) is 1. The van der Waals surface area contributed by atoms with E-state index in [1.807, 2.05) is 25.1 Å². The van der Waals surface area contributed by atoms with Gasteiger partial charge in [-0.1, -0.05) is 50.1 Å². The summed E-state index contributed by atoms with van der Waals surface area (Å²) in [6, 6.07) is 7.52. The minimum atomic E-state index is -0.0676. The maximum Gasteiger partial charge on any atom is 0.262 e. The van der Waals surface area contributed by atoms with Crippen molar-refractivity contribution in [2.24, 2.45) is 0 Å². The summed E-state index contributed by atoms with van der Waals surface area (Å²) in [7, 11) is 0. The van der Waals surface area contributed by atoms with Gasteiger partial charge in [0, 0.05) is 12.6 Å². The third-order valence-electron chi connectivity index (χ3n) is 5.22. The van der Waals surface area contributed by atoms with E-state index >= 15 is 0 Å². The molecule has 7 heteroatoms. The third-order valence-corrected chi connectivity index (χ3v) is 6.19. The molecule has 0 aliphatic carbocycles. The number of hydrogen-bond acceptors (Lipinski definition) is 5. The summed E-state index contributed by atoms with van der Waals surface area (Å²) >= 11 is 1.32. The summed E-state index contributed by atoms with van der Waals surface area (Å²) in [4.78, 5) is 30.1. The summed E-state index contributed by atoms with van der Waals surface area (Å²) in [5.41, 5.74) is 0.596. The van der Waals surface area contributed by atoms with Crippen LogP contribution in [0.2, 0.25) is 0 Å². The van der Waals surface area contributed by atoms with Gasteiger partial charge in [0.2, 0.25) is 5.91 Å². The van der Waals surface area contributed by atoms with Crippen LogP contribution >= 0.6 is 11.8 Å². The van der Waals surface area contributed by atoms with E-state index in [0.717, 1.165) is 32.3 Å². The van der Waals surface area contributed by atoms with E-state index in [0.29, 0.717) is 22.6 Å². The molecule has 6 nitrogen and oxygen atoms in total. The Labute approximate surface area is 176 Å². The Morgan fingerprint density at radius 3 is 2.97 bits per heavy atom. The van der Waals surface area contributed by atoms with Crippen LogP contribution in [0, 0.1) is 0 Å². The van der Waals surface area contributed by atoms with Crippen LogP contribution < -0.4 is 10.9 Å². The van der Waals surface area contributed by atoms with E-state index in [1.165, 1.54) is 24.6 Å². The van der Waals surface area contributed by atoms with Gasteiger partial charge < -0.3 is 10.1 Å². The minimum absolute atomic E-state index is 0.0231. The van der Waals surface area contributed by atoms with Crippen LogP contribution in [0.25, 0.3) is 10.9 Å². The number of benzene rings is 1. The largest absolute Gasteiger partial charge is 0.376 e. The lowest BCUT2D eigenvalue weighted by molar-refractivity contribution is -0.119. The molecule has 1 aliphatic heterocycles. The summed E-state index contributed by atoms with van der Waals surface area (Å²) < 4.78 is 7.41. The number of aromatic nitrogens is 2. The molecule has 2 atom stereocenters. The lowest BCUT2D eigenvalue weighted by atomic mass is 10.1. The third kappa shape index (κ3) is 6.06. The predicted octanol–water partition coefficient (Wildman–Crippen LogP) is 3.75. The molecule has 1 fully saturated rings. The first kappa shape index (κ1) is 21.8. The average molecular weight is 418 g/mol. The van der Waals surface area contributed by atoms with Gasteiger partial charge in [0.15, 0.2) is 5.16 Å². The second-order valence-electron chi connectivity index (χ2n) is 7.72. The Morgan fingerprint density at radius 1 is 1.38 bits per heavy atom. The zero-order chi connectivity index (χ0) is 20.6. The molecule has 1 aromatic carbocycles. The smallest absolute Gasteiger partial charge is 0.262 e. The number of unbranched alkanes of at least 4 members (excludes halogenated alkanes) is 2. The van der Waals surface area contributed by atoms with Gasteiger partial charge >= 0.3 is 0 Å². The zero-order valence-corrected chi connectivity index (χ0v) is 18.2. The molecule has 0 radical (unpaired) electrons. The number of carbonyl (C=O) groups excluding carboxylic acids is 1. The van der Waals surface area contributed by atoms with Crippen LogP contribution in [0.5, 0.6) is 0 Å². The van der Waals surface area contributed by atoms with Crippen molar-refractivity contribution in [3.63, 3.8) is 0 Å². The Hall–Kier alpha value is -1.86. The fraction of sp³-hybridized carbons (Fsp3) is 0.591. The van der Waals surface area contributed by atoms with Crippen LogP contribution in [0.1, 0.15) is 52.4 Å². The average Bonchev–Trinajstić information content (AvgIpc) is 3.22. The molecule has 1 amide bonds. The van der Waals surface area contributed by atoms with E-state index in [4.69, 9.17) is 4.74 Å². The van der Waals surface area contributed by atoms with Crippen molar-refractivity contribution in [1.82, 2.24) is 14.9 Å². The molecule has 0 unspecified atom stereocenters. The molecule has 0 spiro atoms. The molecule has 1 aromatic heterocycles. The Morgan fingerprint density at radius 2 is 2.21 bits per heavy atom. The van der Waals surface area contributed by atoms with Gasteiger partial charge in [0.1, 0.15) is 0 Å². The Bertz CT molecular complexity index is 877. The first-order valence-corrected chi connectivity index (χ1v) is 11.6. The molecule has 158 valence electrons. The lowest BCUT2D eigenvalue weighted by Crippen LogP contribution is -2.34. The highest BCUT2D eigenvalue weighted by molar-refractivity contribution is 7.99. The number of ether oxygens (including phenoxy) is 1. The highest BCUT2D eigenvalue weighted by atomic mass is 32.2. The van der Waals surface area contributed by atoms with E-state index in [1.54, 1.807) is 10.6 Å². The number of para-hydroxylation sites is 1. The van der Waals surface area contributed by atoms with Crippen molar-refractivity contribution in [3.8, 4) is 0 Å². The number of thioether (sulfide) groups is 1. The van der Waals surface area contributed by atoms with Crippen LogP contribution in [0.15, 0.2) is 34.2 Å². The number of carbonyl (C=O) groups is 1. The van der Waals surface area contributed by atoms with E-state index in [9.17, 15) is 9.59 Å². The second kappa shape index (κ2) is 10.8. The molecular weight excluding hydrogens is 386 g/mol. The first-order valence-electron chi connectivity index (χ1n) is 10.6. The minimum Gasteiger partial charge on any atom is -0.376 e. The summed E-state index contributed by atoms with van der Waals surface area (Å²) in [5.74, 6) is 0.221. The number of nitrogens with zero attached hydrogens (tertiary/aromatic N) is 2. The fourth-order valence-corrected chi connectivity index (χ4v) is 4.45. The SMILES string of the molecule is CCCCC[C@@H](C)NC(=O)CSc1nc2ccccc2c(=O)n1C[C@@H]1CCCO1. The monoisotopic (exact) mass is 417 g/mol. The van der Waals surface area contributed by atoms with Gasteiger partial charge in [0.25, 0.3) is 5.56 Å². The van der Waals surface area contributed by atoms with Gasteiger partial charge in [0.05, 0.1) is 29.3 Å². The Balaban J connectivity index is 1.71. The van der Waals surface area contributed by atoms with E-state index in [2.05, 4.69) is 17.2 Å². The second-order valence-corrected chi connectivity index (χ2v) is 8.66. The van der Waals surface area contributed by atoms with Crippen molar-refractivity contribution in [1.29, 1.82) is 0 Å². The van der Waals surface area contributed by atoms with Crippen LogP contribution in [0.3, 0.4) is 0 Å². The highest BCUT2D eigenvalue weighted by Crippen LogP contribution is 2.21. The predicted molar refractivity (Wildman–Crippen MR) is 117 cm³/mol. The lowest BCUT2D eigenvalue weighted by Gasteiger charge is -2.17. The molecule has 3 rings (SSSR count). The standard InChI is InChI=1S/C22H31N3O3S/c1-3-4-5-9-16(2)23-20(26)15-29-22-24-19-12-7-6-11-18(19)21(27)25(22)14-17-10-8-13-28-17/h6-7,11-12,16-17H,3-5,8-10,13-15H2,1-2H3,(H,23,26)/t16-,17+/m1/s1. The number of amides is 1. The molecule has 1 aliphatic rings. The molecular formula is C22H31N3O3S. The summed E-state index contributed by atoms with van der Waals surface area (Å²) in [5, 5.41) is 4.24. The zero-order valence-electron chi connectivity index (χ0n) is 17.4. The molecule has 29 heavy (non-hydrogen) atoms. The molecule has 1 N–H and O–H groups in total. The highest BCUT2D eigenvalue weighted by Gasteiger charge is 2.20. The number of rotatable bonds is 10. The van der Waals surface area contributed by atoms with Crippen molar-refractivity contribution in [3.05, 3.63) is 34.6 Å². The van der Waals surface area contributed by atoms with Gasteiger partial charge in [-0.2, -0.15) is 0 Å². The number of fused-ring (bicyclic) bond motifs is 1. The van der Waals surface area contributed by atoms with Gasteiger partial charge in [-0.3, -0.25) is 14.2 Å². The summed E-state index contributed by atoms with van der Waals surface area (Å²) in [6.45, 7) is 5.43. The van der Waals surface area contributed by atoms with Crippen LogP contribution in [-0.4, -0.2) is 40.0 Å². The topological polar surface area (TPSA) is 73.2 Å². The van der Waals surface area contributed by atoms with Crippen LogP contribution in [0.4, 0.5) is 0 Å². The van der Waals surface area contributed by atoms with Crippen molar-refractivity contribution < 1.29 is 9.53 Å². The molecule has 0 saturated carbocycles. The van der Waals surface area contributed by atoms with E-state index in [-0.39, 0.29) is 29.4 Å². The molecule has 2 aromatic rings. The number of hydrogen-bond donors (Lipinski definition) is 1. The fourth-order valence-electron chi connectivity index (χ4n) is 3.63. The molecule has 2 heterocycles. The maximum absolute atomic E-state index is 13.1. The summed E-state index contributed by atoms with van der Waals surface area (Å²) in [6.07, 6.45) is 6.46. The van der Waals surface area contributed by atoms with Gasteiger partial charge in [-0.25, -0.2) is 4.98 Å². The molecule has 0 bridgehead atoms. The quantitative estimate of drug-likeness (QED) is 0.362. The maximum atomic E-state index is 13.1. The van der Waals surface area contributed by atoms with Crippen molar-refractivity contribution >= 4 is 28.6 Å². The van der Waals surface area contributed by atoms with Crippen LogP contribution in [-0.2, 0) is 16.1 Å². The van der Waals surface area contributed by atoms with Crippen molar-refractivity contribution in [2.45, 2.75) is 76.2 Å². The van der Waals surface area contributed by atoms with Gasteiger partial charge in [-0.05, 0) is 38.3 Å². The molecule has 1 saturated heterocycles. The van der Waals surface area contributed by atoms with E-state index < -0.39 is 0 Å². The normalized spacial score (nSPS) is 17.5. The first-order chi connectivity index (χ1) is 14.1. The van der Waals surface area contributed by atoms with Crippen molar-refractivity contribution in [2.75, 3.05) is 12.4 Å². The Kier molecular flexibility index (Phi) is 8.12.